The van der Waals surface area contributed by atoms with Gasteiger partial charge < -0.3 is 15.1 Å². The number of halogens is 1. The van der Waals surface area contributed by atoms with E-state index in [1.807, 2.05) is 74.8 Å². The van der Waals surface area contributed by atoms with Gasteiger partial charge in [-0.1, -0.05) is 66.2 Å². The minimum atomic E-state index is -4.26. The topological polar surface area (TPSA) is 134 Å². The van der Waals surface area contributed by atoms with E-state index in [2.05, 4.69) is 66.2 Å². The molecule has 6 aromatic rings. The highest BCUT2D eigenvalue weighted by Gasteiger charge is 2.26. The molecule has 7 rings (SSSR count). The number of nitro groups is 1. The van der Waals surface area contributed by atoms with E-state index in [0.717, 1.165) is 67.0 Å². The Morgan fingerprint density at radius 2 is 1.67 bits per heavy atom. The summed E-state index contributed by atoms with van der Waals surface area (Å²) in [5.41, 5.74) is 5.17. The summed E-state index contributed by atoms with van der Waals surface area (Å²) in [6.45, 7) is 2.51. The number of sulfonamides is 1. The van der Waals surface area contributed by atoms with Crippen molar-refractivity contribution in [1.82, 2.24) is 14.9 Å². The van der Waals surface area contributed by atoms with Crippen molar-refractivity contribution in [2.45, 2.75) is 41.5 Å². The number of rotatable bonds is 16. The number of benzene rings is 5. The van der Waals surface area contributed by atoms with Gasteiger partial charge in [-0.05, 0) is 124 Å². The van der Waals surface area contributed by atoms with Crippen LogP contribution in [0.25, 0.3) is 22.0 Å². The molecule has 1 aliphatic heterocycles. The van der Waals surface area contributed by atoms with Crippen LogP contribution in [0.5, 0.6) is 0 Å². The molecule has 1 atom stereocenters. The molecule has 1 fully saturated rings. The molecule has 0 spiro atoms. The molecule has 14 heteroatoms. The van der Waals surface area contributed by atoms with Crippen LogP contribution in [0.2, 0.25) is 5.02 Å². The number of hydrogen-bond acceptors (Lipinski definition) is 10. The van der Waals surface area contributed by atoms with Crippen molar-refractivity contribution < 1.29 is 13.3 Å². The molecule has 11 nitrogen and oxygen atoms in total. The molecule has 58 heavy (non-hydrogen) atoms. The molecule has 1 aromatic heterocycles. The van der Waals surface area contributed by atoms with E-state index in [1.54, 1.807) is 11.8 Å². The third kappa shape index (κ3) is 10.3. The first-order valence-corrected chi connectivity index (χ1v) is 22.1. The van der Waals surface area contributed by atoms with Gasteiger partial charge in [-0.25, -0.2) is 18.4 Å². The number of aromatic nitrogens is 2. The van der Waals surface area contributed by atoms with Crippen LogP contribution in [-0.4, -0.2) is 73.7 Å². The number of nitrogens with one attached hydrogen (secondary N) is 2. The highest BCUT2D eigenvalue weighted by atomic mass is 35.5. The Bertz CT molecular complexity index is 2470. The SMILES string of the molecule is CN(C)CCC(CSc1ccccc1)Nc1ccc(S(=O)(=O)Nc2ncnc3cc(N4CCC(Cc5cc(Cl)ccc5-c5ccccc5)CC4)ccc23)cc1[N+](=O)[O-]. The summed E-state index contributed by atoms with van der Waals surface area (Å²) < 4.78 is 30.1. The van der Waals surface area contributed by atoms with Gasteiger partial charge in [0.1, 0.15) is 12.0 Å². The Kier molecular flexibility index (Phi) is 13.1. The van der Waals surface area contributed by atoms with Gasteiger partial charge in [0.25, 0.3) is 15.7 Å². The largest absolute Gasteiger partial charge is 0.376 e. The smallest absolute Gasteiger partial charge is 0.293 e. The second-order valence-corrected chi connectivity index (χ2v) is 18.0. The average molecular weight is 836 g/mol. The number of anilines is 3. The van der Waals surface area contributed by atoms with Crippen molar-refractivity contribution >= 4 is 67.2 Å². The van der Waals surface area contributed by atoms with Crippen LogP contribution >= 0.6 is 23.4 Å². The zero-order valence-electron chi connectivity index (χ0n) is 32.4. The molecule has 5 aromatic carbocycles. The molecular weight excluding hydrogens is 790 g/mol. The lowest BCUT2D eigenvalue weighted by Gasteiger charge is -2.34. The van der Waals surface area contributed by atoms with E-state index in [9.17, 15) is 18.5 Å². The summed E-state index contributed by atoms with van der Waals surface area (Å²) in [5, 5.41) is 16.9. The van der Waals surface area contributed by atoms with Crippen molar-refractivity contribution in [1.29, 1.82) is 0 Å². The number of nitrogens with zero attached hydrogens (tertiary/aromatic N) is 5. The lowest BCUT2D eigenvalue weighted by Crippen LogP contribution is -2.34. The van der Waals surface area contributed by atoms with Gasteiger partial charge in [-0.2, -0.15) is 0 Å². The van der Waals surface area contributed by atoms with Gasteiger partial charge in [0.15, 0.2) is 5.82 Å². The second-order valence-electron chi connectivity index (χ2n) is 14.8. The summed E-state index contributed by atoms with van der Waals surface area (Å²) in [5.74, 6) is 1.26. The normalized spacial score (nSPS) is 14.1. The Balaban J connectivity index is 1.03. The Hall–Kier alpha value is -5.21. The summed E-state index contributed by atoms with van der Waals surface area (Å²) in [4.78, 5) is 25.7. The van der Waals surface area contributed by atoms with Crippen LogP contribution in [0.4, 0.5) is 22.9 Å². The molecule has 2 N–H and O–H groups in total. The van der Waals surface area contributed by atoms with Crippen molar-refractivity contribution in [2.24, 2.45) is 5.92 Å². The van der Waals surface area contributed by atoms with Gasteiger partial charge in [0.2, 0.25) is 0 Å². The fourth-order valence-electron chi connectivity index (χ4n) is 7.34. The summed E-state index contributed by atoms with van der Waals surface area (Å²) >= 11 is 8.10. The molecule has 0 saturated carbocycles. The molecule has 2 heterocycles. The summed E-state index contributed by atoms with van der Waals surface area (Å²) in [6.07, 6.45) is 5.02. The Labute approximate surface area is 349 Å². The first-order valence-electron chi connectivity index (χ1n) is 19.3. The Morgan fingerprint density at radius 3 is 2.40 bits per heavy atom. The van der Waals surface area contributed by atoms with Crippen LogP contribution in [-0.2, 0) is 16.4 Å². The van der Waals surface area contributed by atoms with Gasteiger partial charge in [0.05, 0.1) is 15.3 Å². The zero-order chi connectivity index (χ0) is 40.6. The zero-order valence-corrected chi connectivity index (χ0v) is 34.8. The van der Waals surface area contributed by atoms with E-state index >= 15 is 0 Å². The summed E-state index contributed by atoms with van der Waals surface area (Å²) in [6, 6.07) is 36.1. The van der Waals surface area contributed by atoms with E-state index in [-0.39, 0.29) is 28.1 Å². The quantitative estimate of drug-likeness (QED) is 0.0552. The van der Waals surface area contributed by atoms with Crippen molar-refractivity contribution in [3.63, 3.8) is 0 Å². The number of thioether (sulfide) groups is 1. The van der Waals surface area contributed by atoms with Crippen LogP contribution in [0.1, 0.15) is 24.8 Å². The first-order chi connectivity index (χ1) is 28.0. The maximum absolute atomic E-state index is 13.7. The Morgan fingerprint density at radius 1 is 0.931 bits per heavy atom. The minimum absolute atomic E-state index is 0.0949. The van der Waals surface area contributed by atoms with E-state index in [1.165, 1.54) is 35.2 Å². The van der Waals surface area contributed by atoms with Gasteiger partial charge in [0, 0.05) is 51.9 Å². The van der Waals surface area contributed by atoms with Crippen molar-refractivity contribution in [2.75, 3.05) is 54.4 Å². The molecule has 0 amide bonds. The van der Waals surface area contributed by atoms with Crippen LogP contribution < -0.4 is 14.9 Å². The molecular formula is C44H46ClN7O4S2. The molecule has 1 aliphatic rings. The van der Waals surface area contributed by atoms with Crippen LogP contribution in [0.3, 0.4) is 0 Å². The van der Waals surface area contributed by atoms with Crippen LogP contribution in [0.15, 0.2) is 131 Å². The fraction of sp³-hybridized carbons (Fsp3) is 0.273. The minimum Gasteiger partial charge on any atom is -0.376 e. The lowest BCUT2D eigenvalue weighted by molar-refractivity contribution is -0.384. The monoisotopic (exact) mass is 835 g/mol. The molecule has 0 radical (unpaired) electrons. The second kappa shape index (κ2) is 18.6. The van der Waals surface area contributed by atoms with Gasteiger partial charge in [-0.15, -0.1) is 11.8 Å². The standard InChI is InChI=1S/C44H46ClN7O4S2/c1-50(2)22-21-35(29-57-37-11-7-4-8-12-37)48-41-18-15-38(28-43(41)52(53)54)58(55,56)49-44-40-17-14-36(27-42(40)46-30-47-44)51-23-19-31(20-24-51)25-33-26-34(45)13-16-39(33)32-9-5-3-6-10-32/h3-18,26-28,30-31,35,48H,19-25,29H2,1-2H3,(H,46,47,49). The van der Waals surface area contributed by atoms with Gasteiger partial charge in [-0.3, -0.25) is 14.8 Å². The number of nitro benzene ring substituents is 1. The van der Waals surface area contributed by atoms with Crippen molar-refractivity contribution in [3.8, 4) is 11.1 Å². The maximum Gasteiger partial charge on any atom is 0.293 e. The number of fused-ring (bicyclic) bond motifs is 1. The molecule has 0 aliphatic carbocycles. The number of piperidine rings is 1. The fourth-order valence-corrected chi connectivity index (χ4v) is 9.58. The highest BCUT2D eigenvalue weighted by molar-refractivity contribution is 7.99. The third-order valence-electron chi connectivity index (χ3n) is 10.4. The van der Waals surface area contributed by atoms with E-state index in [0.29, 0.717) is 22.6 Å². The highest BCUT2D eigenvalue weighted by Crippen LogP contribution is 2.35. The number of hydrogen-bond donors (Lipinski definition) is 2. The van der Waals surface area contributed by atoms with E-state index in [4.69, 9.17) is 11.6 Å². The van der Waals surface area contributed by atoms with Crippen LogP contribution in [0, 0.1) is 16.0 Å². The molecule has 0 bridgehead atoms. The molecule has 300 valence electrons. The maximum atomic E-state index is 13.7. The lowest BCUT2D eigenvalue weighted by atomic mass is 9.87. The summed E-state index contributed by atoms with van der Waals surface area (Å²) in [7, 11) is -0.307. The first kappa shape index (κ1) is 41.0. The molecule has 1 saturated heterocycles. The van der Waals surface area contributed by atoms with Gasteiger partial charge >= 0.3 is 0 Å². The van der Waals surface area contributed by atoms with E-state index < -0.39 is 14.9 Å². The third-order valence-corrected chi connectivity index (χ3v) is 13.2. The predicted molar refractivity (Wildman–Crippen MR) is 237 cm³/mol. The average Bonchev–Trinajstić information content (AvgIpc) is 3.22. The van der Waals surface area contributed by atoms with Crippen molar-refractivity contribution in [3.05, 3.63) is 142 Å². The predicted octanol–water partition coefficient (Wildman–Crippen LogP) is 9.64. The molecule has 1 unspecified atom stereocenters.